The van der Waals surface area contributed by atoms with Crippen molar-refractivity contribution in [3.63, 3.8) is 0 Å². The van der Waals surface area contributed by atoms with Crippen LogP contribution in [-0.4, -0.2) is 35.5 Å². The van der Waals surface area contributed by atoms with Gasteiger partial charge in [0, 0.05) is 0 Å². The Morgan fingerprint density at radius 1 is 0.946 bits per heavy atom. The van der Waals surface area contributed by atoms with Crippen molar-refractivity contribution in [3.8, 4) is 17.2 Å². The van der Waals surface area contributed by atoms with Crippen LogP contribution in [0.5, 0.6) is 17.2 Å². The van der Waals surface area contributed by atoms with Crippen molar-refractivity contribution in [1.29, 1.82) is 0 Å². The molecule has 0 spiro atoms. The van der Waals surface area contributed by atoms with Gasteiger partial charge in [-0.05, 0) is 59.4 Å². The summed E-state index contributed by atoms with van der Waals surface area (Å²) >= 11 is 6.79. The SMILES string of the molecule is COc1cc(/C=C2\SC(=S)N(Cc3ccccc3)C2=O)ccc1OCCOc1cc(C)ccc1C(C)C. The Kier molecular flexibility index (Phi) is 8.90. The van der Waals surface area contributed by atoms with Crippen molar-refractivity contribution in [3.05, 3.63) is 93.9 Å². The molecular formula is C30H31NO4S2. The van der Waals surface area contributed by atoms with Crippen LogP contribution in [0, 0.1) is 6.92 Å². The highest BCUT2D eigenvalue weighted by Crippen LogP contribution is 2.35. The summed E-state index contributed by atoms with van der Waals surface area (Å²) in [5.41, 5.74) is 4.22. The average Bonchev–Trinajstić information content (AvgIpc) is 3.14. The van der Waals surface area contributed by atoms with Gasteiger partial charge >= 0.3 is 0 Å². The summed E-state index contributed by atoms with van der Waals surface area (Å²) < 4.78 is 18.1. The standard InChI is InChI=1S/C30H31NO4S2/c1-20(2)24-12-10-21(3)16-26(24)35-15-14-34-25-13-11-23(17-27(25)33-4)18-28-29(32)31(30(36)37-28)19-22-8-6-5-7-9-22/h5-13,16-18,20H,14-15,19H2,1-4H3/b28-18-. The van der Waals surface area contributed by atoms with E-state index in [9.17, 15) is 4.79 Å². The predicted octanol–water partition coefficient (Wildman–Crippen LogP) is 6.99. The molecule has 3 aromatic carbocycles. The number of hydrogen-bond donors (Lipinski definition) is 0. The molecular weight excluding hydrogens is 502 g/mol. The normalized spacial score (nSPS) is 14.5. The van der Waals surface area contributed by atoms with Crippen LogP contribution in [0.15, 0.2) is 71.6 Å². The van der Waals surface area contributed by atoms with Gasteiger partial charge in [-0.15, -0.1) is 0 Å². The monoisotopic (exact) mass is 533 g/mol. The summed E-state index contributed by atoms with van der Waals surface area (Å²) in [5.74, 6) is 2.39. The Morgan fingerprint density at radius 3 is 2.38 bits per heavy atom. The van der Waals surface area contributed by atoms with E-state index in [4.69, 9.17) is 26.4 Å². The summed E-state index contributed by atoms with van der Waals surface area (Å²) in [6.07, 6.45) is 1.84. The van der Waals surface area contributed by atoms with Crippen LogP contribution in [0.4, 0.5) is 0 Å². The van der Waals surface area contributed by atoms with Gasteiger partial charge in [-0.1, -0.05) is 86.4 Å². The third kappa shape index (κ3) is 6.73. The summed E-state index contributed by atoms with van der Waals surface area (Å²) in [6, 6.07) is 21.7. The Balaban J connectivity index is 1.39. The van der Waals surface area contributed by atoms with Crippen molar-refractivity contribution >= 4 is 40.3 Å². The summed E-state index contributed by atoms with van der Waals surface area (Å²) in [6.45, 7) is 7.62. The largest absolute Gasteiger partial charge is 0.493 e. The van der Waals surface area contributed by atoms with Crippen LogP contribution in [0.3, 0.4) is 0 Å². The average molecular weight is 534 g/mol. The molecule has 1 aliphatic rings. The molecule has 4 rings (SSSR count). The minimum absolute atomic E-state index is 0.0905. The van der Waals surface area contributed by atoms with E-state index in [1.807, 2.05) is 54.6 Å². The van der Waals surface area contributed by atoms with E-state index < -0.39 is 0 Å². The molecule has 0 aliphatic carbocycles. The highest BCUT2D eigenvalue weighted by Gasteiger charge is 2.32. The van der Waals surface area contributed by atoms with Gasteiger partial charge < -0.3 is 14.2 Å². The third-order valence-electron chi connectivity index (χ3n) is 5.93. The number of methoxy groups -OCH3 is 1. The van der Waals surface area contributed by atoms with E-state index in [1.54, 1.807) is 12.0 Å². The lowest BCUT2D eigenvalue weighted by atomic mass is 10.0. The van der Waals surface area contributed by atoms with E-state index in [1.165, 1.54) is 17.3 Å². The first-order chi connectivity index (χ1) is 17.9. The fraction of sp³-hybridized carbons (Fsp3) is 0.267. The zero-order chi connectivity index (χ0) is 26.4. The van der Waals surface area contributed by atoms with Crippen LogP contribution in [-0.2, 0) is 11.3 Å². The van der Waals surface area contributed by atoms with Crippen molar-refractivity contribution < 1.29 is 19.0 Å². The minimum Gasteiger partial charge on any atom is -0.493 e. The third-order valence-corrected chi connectivity index (χ3v) is 7.31. The zero-order valence-electron chi connectivity index (χ0n) is 21.5. The molecule has 0 unspecified atom stereocenters. The summed E-state index contributed by atoms with van der Waals surface area (Å²) in [7, 11) is 1.60. The maximum absolute atomic E-state index is 13.0. The van der Waals surface area contributed by atoms with Crippen molar-refractivity contribution in [1.82, 2.24) is 4.90 Å². The minimum atomic E-state index is -0.0905. The first-order valence-electron chi connectivity index (χ1n) is 12.2. The van der Waals surface area contributed by atoms with Gasteiger partial charge in [-0.25, -0.2) is 0 Å². The second-order valence-electron chi connectivity index (χ2n) is 9.06. The van der Waals surface area contributed by atoms with E-state index in [0.29, 0.717) is 46.4 Å². The van der Waals surface area contributed by atoms with Crippen LogP contribution in [0.2, 0.25) is 0 Å². The molecule has 5 nitrogen and oxygen atoms in total. The van der Waals surface area contributed by atoms with Crippen molar-refractivity contribution in [2.75, 3.05) is 20.3 Å². The maximum Gasteiger partial charge on any atom is 0.266 e. The molecule has 7 heteroatoms. The number of carbonyl (C=O) groups is 1. The van der Waals surface area contributed by atoms with Gasteiger partial charge in [-0.2, -0.15) is 0 Å². The smallest absolute Gasteiger partial charge is 0.266 e. The van der Waals surface area contributed by atoms with Crippen LogP contribution in [0.25, 0.3) is 6.08 Å². The number of amides is 1. The molecule has 0 aromatic heterocycles. The molecule has 1 saturated heterocycles. The Bertz CT molecular complexity index is 1300. The molecule has 192 valence electrons. The quantitative estimate of drug-likeness (QED) is 0.159. The molecule has 0 atom stereocenters. The molecule has 37 heavy (non-hydrogen) atoms. The summed E-state index contributed by atoms with van der Waals surface area (Å²) in [4.78, 5) is 15.2. The topological polar surface area (TPSA) is 48.0 Å². The molecule has 3 aromatic rings. The fourth-order valence-electron chi connectivity index (χ4n) is 3.99. The molecule has 0 saturated carbocycles. The molecule has 0 radical (unpaired) electrons. The number of benzene rings is 3. The van der Waals surface area contributed by atoms with Crippen LogP contribution < -0.4 is 14.2 Å². The number of carbonyl (C=O) groups excluding carboxylic acids is 1. The van der Waals surface area contributed by atoms with Crippen LogP contribution >= 0.6 is 24.0 Å². The van der Waals surface area contributed by atoms with Crippen molar-refractivity contribution in [2.24, 2.45) is 0 Å². The van der Waals surface area contributed by atoms with Crippen LogP contribution in [0.1, 0.15) is 42.0 Å². The second-order valence-corrected chi connectivity index (χ2v) is 10.7. The number of thiocarbonyl (C=S) groups is 1. The van der Waals surface area contributed by atoms with Gasteiger partial charge in [0.15, 0.2) is 11.5 Å². The summed E-state index contributed by atoms with van der Waals surface area (Å²) in [5, 5.41) is 0. The lowest BCUT2D eigenvalue weighted by Gasteiger charge is -2.16. The fourth-order valence-corrected chi connectivity index (χ4v) is 5.25. The zero-order valence-corrected chi connectivity index (χ0v) is 23.2. The van der Waals surface area contributed by atoms with Gasteiger partial charge in [0.1, 0.15) is 23.3 Å². The molecule has 1 amide bonds. The first kappa shape index (κ1) is 26.8. The number of hydrogen-bond acceptors (Lipinski definition) is 6. The number of rotatable bonds is 10. The van der Waals surface area contributed by atoms with E-state index in [-0.39, 0.29) is 5.91 Å². The van der Waals surface area contributed by atoms with Gasteiger partial charge in [0.25, 0.3) is 5.91 Å². The molecule has 1 heterocycles. The lowest BCUT2D eigenvalue weighted by molar-refractivity contribution is -0.122. The van der Waals surface area contributed by atoms with Gasteiger partial charge in [-0.3, -0.25) is 9.69 Å². The molecule has 0 N–H and O–H groups in total. The molecule has 0 bridgehead atoms. The molecule has 1 fully saturated rings. The van der Waals surface area contributed by atoms with Gasteiger partial charge in [0.2, 0.25) is 0 Å². The van der Waals surface area contributed by atoms with E-state index in [2.05, 4.69) is 39.0 Å². The van der Waals surface area contributed by atoms with Gasteiger partial charge in [0.05, 0.1) is 18.6 Å². The van der Waals surface area contributed by atoms with E-state index in [0.717, 1.165) is 22.4 Å². The number of thioether (sulfide) groups is 1. The molecule has 1 aliphatic heterocycles. The number of ether oxygens (including phenoxy) is 3. The Hall–Kier alpha value is -3.29. The van der Waals surface area contributed by atoms with E-state index >= 15 is 0 Å². The Morgan fingerprint density at radius 2 is 1.68 bits per heavy atom. The second kappa shape index (κ2) is 12.3. The lowest BCUT2D eigenvalue weighted by Crippen LogP contribution is -2.27. The van der Waals surface area contributed by atoms with Crippen molar-refractivity contribution in [2.45, 2.75) is 33.2 Å². The predicted molar refractivity (Wildman–Crippen MR) is 154 cm³/mol. The maximum atomic E-state index is 13.0. The number of aryl methyl sites for hydroxylation is 1. The highest BCUT2D eigenvalue weighted by molar-refractivity contribution is 8.26. The number of nitrogens with zero attached hydrogens (tertiary/aromatic N) is 1. The Labute approximate surface area is 228 Å². The highest BCUT2D eigenvalue weighted by atomic mass is 32.2. The first-order valence-corrected chi connectivity index (χ1v) is 13.4.